The number of carbonyl (C=O) groups excluding carboxylic acids is 1. The van der Waals surface area contributed by atoms with Crippen molar-refractivity contribution in [3.63, 3.8) is 0 Å². The standard InChI is InChI=1S/C17H25FO3Se/c1-3-5-13-22-17(18,16(20)21-4-2)15(19)12-11-14-9-7-6-8-10-14/h6-10,15,19H,3-5,11-13H2,1-2H3/t15-,17+/m1/s1. The van der Waals surface area contributed by atoms with Gasteiger partial charge in [0, 0.05) is 0 Å². The molecule has 5 heteroatoms. The van der Waals surface area contributed by atoms with Crippen molar-refractivity contribution >= 4 is 20.9 Å². The zero-order valence-corrected chi connectivity index (χ0v) is 15.0. The van der Waals surface area contributed by atoms with Gasteiger partial charge in [-0.15, -0.1) is 0 Å². The van der Waals surface area contributed by atoms with Crippen molar-refractivity contribution in [2.45, 2.75) is 55.5 Å². The van der Waals surface area contributed by atoms with Crippen LogP contribution in [0, 0.1) is 0 Å². The van der Waals surface area contributed by atoms with Crippen LogP contribution in [0.4, 0.5) is 4.39 Å². The van der Waals surface area contributed by atoms with Crippen LogP contribution in [0.1, 0.15) is 38.7 Å². The fourth-order valence-corrected chi connectivity index (χ4v) is 4.57. The Bertz CT molecular complexity index is 441. The Morgan fingerprint density at radius 2 is 2.05 bits per heavy atom. The van der Waals surface area contributed by atoms with Crippen molar-refractivity contribution in [1.29, 1.82) is 0 Å². The summed E-state index contributed by atoms with van der Waals surface area (Å²) in [7, 11) is 0. The molecule has 0 saturated carbocycles. The van der Waals surface area contributed by atoms with Crippen LogP contribution in [0.2, 0.25) is 5.32 Å². The number of carbonyl (C=O) groups is 1. The van der Waals surface area contributed by atoms with E-state index in [0.29, 0.717) is 11.7 Å². The first-order chi connectivity index (χ1) is 10.5. The average Bonchev–Trinajstić information content (AvgIpc) is 2.53. The van der Waals surface area contributed by atoms with Crippen LogP contribution >= 0.6 is 0 Å². The Balaban J connectivity index is 2.69. The molecule has 0 fully saturated rings. The predicted octanol–water partition coefficient (Wildman–Crippen LogP) is 3.13. The van der Waals surface area contributed by atoms with E-state index >= 15 is 4.39 Å². The molecule has 0 aliphatic rings. The SMILES string of the molecule is CCCC[Se][C@](F)(C(=O)OCC)[C@H](O)CCc1ccccc1. The van der Waals surface area contributed by atoms with Gasteiger partial charge in [0.1, 0.15) is 0 Å². The van der Waals surface area contributed by atoms with Gasteiger partial charge in [0.2, 0.25) is 0 Å². The van der Waals surface area contributed by atoms with Crippen LogP contribution < -0.4 is 0 Å². The summed E-state index contributed by atoms with van der Waals surface area (Å²) in [6, 6.07) is 9.58. The van der Waals surface area contributed by atoms with Crippen molar-refractivity contribution in [2.24, 2.45) is 0 Å². The van der Waals surface area contributed by atoms with Gasteiger partial charge in [0.05, 0.1) is 0 Å². The van der Waals surface area contributed by atoms with Gasteiger partial charge >= 0.3 is 138 Å². The van der Waals surface area contributed by atoms with Crippen LogP contribution in [-0.4, -0.2) is 43.3 Å². The molecular formula is C17H25FO3Se. The van der Waals surface area contributed by atoms with Gasteiger partial charge in [0.15, 0.2) is 0 Å². The number of esters is 1. The van der Waals surface area contributed by atoms with Crippen LogP contribution in [-0.2, 0) is 16.0 Å². The van der Waals surface area contributed by atoms with E-state index in [1.807, 2.05) is 37.3 Å². The average molecular weight is 375 g/mol. The first-order valence-corrected chi connectivity index (χ1v) is 9.83. The molecule has 0 radical (unpaired) electrons. The fraction of sp³-hybridized carbons (Fsp3) is 0.588. The third-order valence-electron chi connectivity index (χ3n) is 3.34. The molecule has 0 spiro atoms. The topological polar surface area (TPSA) is 46.5 Å². The maximum atomic E-state index is 15.1. The molecule has 0 amide bonds. The van der Waals surface area contributed by atoms with Gasteiger partial charge in [-0.3, -0.25) is 0 Å². The van der Waals surface area contributed by atoms with E-state index in [9.17, 15) is 9.90 Å². The van der Waals surface area contributed by atoms with Gasteiger partial charge in [-0.05, 0) is 0 Å². The second-order valence-corrected chi connectivity index (χ2v) is 7.82. The Morgan fingerprint density at radius 3 is 2.64 bits per heavy atom. The summed E-state index contributed by atoms with van der Waals surface area (Å²) in [6.07, 6.45) is 1.24. The molecule has 0 saturated heterocycles. The number of hydrogen-bond donors (Lipinski definition) is 1. The van der Waals surface area contributed by atoms with Crippen LogP contribution in [0.5, 0.6) is 0 Å². The third kappa shape index (κ3) is 5.71. The number of aliphatic hydroxyl groups is 1. The van der Waals surface area contributed by atoms with Crippen molar-refractivity contribution in [3.8, 4) is 0 Å². The van der Waals surface area contributed by atoms with Crippen molar-refractivity contribution in [2.75, 3.05) is 6.61 Å². The summed E-state index contributed by atoms with van der Waals surface area (Å²) in [5.74, 6) is -0.910. The molecular weight excluding hydrogens is 350 g/mol. The number of halogens is 1. The second kappa shape index (κ2) is 9.98. The molecule has 1 N–H and O–H groups in total. The number of unbranched alkanes of at least 4 members (excludes halogenated alkanes) is 1. The Morgan fingerprint density at radius 1 is 1.36 bits per heavy atom. The number of alkyl halides is 1. The van der Waals surface area contributed by atoms with Crippen molar-refractivity contribution in [3.05, 3.63) is 35.9 Å². The molecule has 1 aromatic carbocycles. The van der Waals surface area contributed by atoms with Gasteiger partial charge < -0.3 is 0 Å². The van der Waals surface area contributed by atoms with Crippen molar-refractivity contribution < 1.29 is 19.0 Å². The van der Waals surface area contributed by atoms with Gasteiger partial charge in [-0.2, -0.15) is 0 Å². The van der Waals surface area contributed by atoms with Crippen LogP contribution in [0.15, 0.2) is 30.3 Å². The van der Waals surface area contributed by atoms with E-state index in [-0.39, 0.29) is 13.0 Å². The van der Waals surface area contributed by atoms with Gasteiger partial charge in [-0.25, -0.2) is 0 Å². The van der Waals surface area contributed by atoms with Crippen LogP contribution in [0.25, 0.3) is 0 Å². The molecule has 0 unspecified atom stereocenters. The number of aryl methyl sites for hydroxylation is 1. The number of aliphatic hydroxyl groups excluding tert-OH is 1. The van der Waals surface area contributed by atoms with E-state index < -0.39 is 31.6 Å². The molecule has 0 aliphatic heterocycles. The molecule has 3 nitrogen and oxygen atoms in total. The first kappa shape index (κ1) is 19.1. The molecule has 22 heavy (non-hydrogen) atoms. The zero-order valence-electron chi connectivity index (χ0n) is 13.3. The van der Waals surface area contributed by atoms with Crippen molar-refractivity contribution in [1.82, 2.24) is 0 Å². The third-order valence-corrected chi connectivity index (χ3v) is 6.18. The molecule has 1 aromatic rings. The predicted molar refractivity (Wildman–Crippen MR) is 86.7 cm³/mol. The summed E-state index contributed by atoms with van der Waals surface area (Å²) in [6.45, 7) is 3.79. The summed E-state index contributed by atoms with van der Waals surface area (Å²) in [4.78, 5) is 12.0. The maximum absolute atomic E-state index is 15.1. The van der Waals surface area contributed by atoms with Gasteiger partial charge in [-0.1, -0.05) is 0 Å². The summed E-state index contributed by atoms with van der Waals surface area (Å²) < 4.78 is 17.7. The number of hydrogen-bond acceptors (Lipinski definition) is 3. The molecule has 0 bridgehead atoms. The molecule has 0 aromatic heterocycles. The summed E-state index contributed by atoms with van der Waals surface area (Å²) in [5, 5.41) is 10.9. The van der Waals surface area contributed by atoms with E-state index in [1.165, 1.54) is 0 Å². The Labute approximate surface area is 138 Å². The van der Waals surface area contributed by atoms with E-state index in [2.05, 4.69) is 0 Å². The zero-order chi connectivity index (χ0) is 16.4. The summed E-state index contributed by atoms with van der Waals surface area (Å²) in [5.41, 5.74) is 1.02. The minimum absolute atomic E-state index is 0.125. The normalized spacial score (nSPS) is 15.1. The van der Waals surface area contributed by atoms with E-state index in [0.717, 1.165) is 18.4 Å². The molecule has 2 atom stereocenters. The molecule has 1 rings (SSSR count). The molecule has 124 valence electrons. The number of benzene rings is 1. The first-order valence-electron chi connectivity index (χ1n) is 7.76. The Hall–Kier alpha value is -0.901. The fourth-order valence-electron chi connectivity index (χ4n) is 2.02. The summed E-state index contributed by atoms with van der Waals surface area (Å²) >= 11 is -0.620. The number of ether oxygens (including phenoxy) is 1. The molecule has 0 aliphatic carbocycles. The molecule has 0 heterocycles. The Kier molecular flexibility index (Phi) is 8.69. The van der Waals surface area contributed by atoms with E-state index in [1.54, 1.807) is 6.92 Å². The van der Waals surface area contributed by atoms with Crippen LogP contribution in [0.3, 0.4) is 0 Å². The second-order valence-electron chi connectivity index (χ2n) is 5.11. The van der Waals surface area contributed by atoms with E-state index in [4.69, 9.17) is 4.74 Å². The monoisotopic (exact) mass is 376 g/mol. The quantitative estimate of drug-likeness (QED) is 0.388. The number of rotatable bonds is 10. The minimum atomic E-state index is -2.24. The van der Waals surface area contributed by atoms with Gasteiger partial charge in [0.25, 0.3) is 0 Å².